The van der Waals surface area contributed by atoms with E-state index in [-0.39, 0.29) is 60.7 Å². The number of ether oxygens (including phenoxy) is 2. The van der Waals surface area contributed by atoms with E-state index >= 15 is 0 Å². The van der Waals surface area contributed by atoms with Gasteiger partial charge in [-0.25, -0.2) is 0 Å². The van der Waals surface area contributed by atoms with Crippen molar-refractivity contribution in [1.29, 1.82) is 0 Å². The van der Waals surface area contributed by atoms with Crippen LogP contribution in [0.1, 0.15) is 43.2 Å². The number of methoxy groups -OCH3 is 1. The Morgan fingerprint density at radius 2 is 1.66 bits per heavy atom. The smallest absolute Gasteiger partial charge is 0.420 e. The van der Waals surface area contributed by atoms with Gasteiger partial charge in [0.05, 0.1) is 12.5 Å². The summed E-state index contributed by atoms with van der Waals surface area (Å²) in [5.41, 5.74) is -0.948. The highest BCUT2D eigenvalue weighted by Gasteiger charge is 2.50. The van der Waals surface area contributed by atoms with Gasteiger partial charge in [-0.3, -0.25) is 14.4 Å². The highest BCUT2D eigenvalue weighted by Crippen LogP contribution is 2.49. The van der Waals surface area contributed by atoms with Crippen molar-refractivity contribution in [1.82, 2.24) is 10.6 Å². The number of alkyl halides is 3. The molecule has 0 atom stereocenters. The van der Waals surface area contributed by atoms with Crippen LogP contribution in [0.4, 0.5) is 13.2 Å². The standard InChI is InChI=1S/C25H27F3N2O5/c1-29-22(32)10-5-17(31)14-24(11-12-24)23(33)30-15-16-3-6-18(7-4-16)35-21-9-8-19(34-2)13-20(21)25(26,27)28/h3-4,6-9,13H,5,10-12,14-15H2,1-2H3,(H,29,32)(H,30,33). The third-order valence-electron chi connectivity index (χ3n) is 5.88. The fourth-order valence-corrected chi connectivity index (χ4v) is 3.60. The number of hydrogen-bond acceptors (Lipinski definition) is 5. The quantitative estimate of drug-likeness (QED) is 0.485. The van der Waals surface area contributed by atoms with Crippen molar-refractivity contribution in [2.45, 2.75) is 44.8 Å². The number of amides is 2. The molecular formula is C25H27F3N2O5. The lowest BCUT2D eigenvalue weighted by Crippen LogP contribution is -2.33. The first-order valence-corrected chi connectivity index (χ1v) is 11.1. The molecule has 2 N–H and O–H groups in total. The van der Waals surface area contributed by atoms with Crippen LogP contribution >= 0.6 is 0 Å². The van der Waals surface area contributed by atoms with Crippen molar-refractivity contribution in [3.8, 4) is 17.2 Å². The average Bonchev–Trinajstić information content (AvgIpc) is 3.62. The first-order chi connectivity index (χ1) is 16.6. The van der Waals surface area contributed by atoms with E-state index in [1.165, 1.54) is 38.4 Å². The third kappa shape index (κ3) is 6.97. The summed E-state index contributed by atoms with van der Waals surface area (Å²) in [7, 11) is 2.78. The summed E-state index contributed by atoms with van der Waals surface area (Å²) < 4.78 is 50.4. The predicted molar refractivity (Wildman–Crippen MR) is 121 cm³/mol. The second kappa shape index (κ2) is 10.8. The number of nitrogens with one attached hydrogen (secondary N) is 2. The van der Waals surface area contributed by atoms with Crippen LogP contribution in [0.3, 0.4) is 0 Å². The number of carbonyl (C=O) groups is 3. The van der Waals surface area contributed by atoms with Gasteiger partial charge in [0.15, 0.2) is 0 Å². The Morgan fingerprint density at radius 1 is 1.00 bits per heavy atom. The fraction of sp³-hybridized carbons (Fsp3) is 0.400. The summed E-state index contributed by atoms with van der Waals surface area (Å²) in [6, 6.07) is 9.76. The first-order valence-electron chi connectivity index (χ1n) is 11.1. The van der Waals surface area contributed by atoms with E-state index in [1.807, 2.05) is 0 Å². The molecule has 0 unspecified atom stereocenters. The van der Waals surface area contributed by atoms with E-state index in [1.54, 1.807) is 12.1 Å². The summed E-state index contributed by atoms with van der Waals surface area (Å²) in [5, 5.41) is 5.28. The number of ketones is 1. The monoisotopic (exact) mass is 492 g/mol. The Balaban J connectivity index is 1.55. The molecule has 35 heavy (non-hydrogen) atoms. The summed E-state index contributed by atoms with van der Waals surface area (Å²) in [6.45, 7) is 0.198. The molecule has 1 saturated carbocycles. The largest absolute Gasteiger partial charge is 0.497 e. The van der Waals surface area contributed by atoms with Gasteiger partial charge < -0.3 is 20.1 Å². The van der Waals surface area contributed by atoms with Gasteiger partial charge in [0, 0.05) is 32.9 Å². The molecular weight excluding hydrogens is 465 g/mol. The van der Waals surface area contributed by atoms with Gasteiger partial charge >= 0.3 is 6.18 Å². The molecule has 2 amide bonds. The van der Waals surface area contributed by atoms with Crippen molar-refractivity contribution in [2.75, 3.05) is 14.2 Å². The Kier molecular flexibility index (Phi) is 8.03. The van der Waals surface area contributed by atoms with Crippen molar-refractivity contribution < 1.29 is 37.0 Å². The van der Waals surface area contributed by atoms with Gasteiger partial charge in [0.2, 0.25) is 11.8 Å². The molecule has 0 aromatic heterocycles. The highest BCUT2D eigenvalue weighted by molar-refractivity contribution is 5.93. The van der Waals surface area contributed by atoms with Gasteiger partial charge in [-0.15, -0.1) is 0 Å². The molecule has 0 aliphatic heterocycles. The molecule has 1 aliphatic carbocycles. The van der Waals surface area contributed by atoms with Crippen LogP contribution in [0.15, 0.2) is 42.5 Å². The van der Waals surface area contributed by atoms with Gasteiger partial charge in [-0.2, -0.15) is 13.2 Å². The van der Waals surface area contributed by atoms with E-state index in [0.29, 0.717) is 12.8 Å². The van der Waals surface area contributed by atoms with Crippen LogP contribution in [0.2, 0.25) is 0 Å². The van der Waals surface area contributed by atoms with Crippen LogP contribution in [-0.4, -0.2) is 31.8 Å². The van der Waals surface area contributed by atoms with Crippen LogP contribution in [0.5, 0.6) is 17.2 Å². The zero-order chi connectivity index (χ0) is 25.6. The molecule has 188 valence electrons. The maximum atomic E-state index is 13.4. The lowest BCUT2D eigenvalue weighted by Gasteiger charge is -2.16. The van der Waals surface area contributed by atoms with E-state index in [0.717, 1.165) is 11.6 Å². The molecule has 2 aromatic rings. The van der Waals surface area contributed by atoms with E-state index in [4.69, 9.17) is 9.47 Å². The minimum absolute atomic E-state index is 0.0670. The Hall–Kier alpha value is -3.56. The number of hydrogen-bond donors (Lipinski definition) is 2. The molecule has 0 radical (unpaired) electrons. The lowest BCUT2D eigenvalue weighted by atomic mass is 9.96. The maximum Gasteiger partial charge on any atom is 0.420 e. The Morgan fingerprint density at radius 3 is 2.23 bits per heavy atom. The number of halogens is 3. The van der Waals surface area contributed by atoms with Crippen molar-refractivity contribution in [2.24, 2.45) is 5.41 Å². The Labute approximate surface area is 201 Å². The van der Waals surface area contributed by atoms with Crippen LogP contribution in [0, 0.1) is 5.41 Å². The summed E-state index contributed by atoms with van der Waals surface area (Å²) in [6.07, 6.45) is -3.09. The maximum absolute atomic E-state index is 13.4. The van der Waals surface area contributed by atoms with Crippen LogP contribution in [-0.2, 0) is 27.1 Å². The highest BCUT2D eigenvalue weighted by atomic mass is 19.4. The topological polar surface area (TPSA) is 93.7 Å². The van der Waals surface area contributed by atoms with Crippen molar-refractivity contribution >= 4 is 17.6 Å². The van der Waals surface area contributed by atoms with Crippen molar-refractivity contribution in [3.63, 3.8) is 0 Å². The minimum Gasteiger partial charge on any atom is -0.497 e. The summed E-state index contributed by atoms with van der Waals surface area (Å²) in [4.78, 5) is 36.1. The number of carbonyl (C=O) groups excluding carboxylic acids is 3. The number of rotatable bonds is 11. The molecule has 7 nitrogen and oxygen atoms in total. The van der Waals surface area contributed by atoms with Crippen molar-refractivity contribution in [3.05, 3.63) is 53.6 Å². The van der Waals surface area contributed by atoms with E-state index < -0.39 is 17.2 Å². The first kappa shape index (κ1) is 26.1. The molecule has 3 rings (SSSR count). The molecule has 0 heterocycles. The third-order valence-corrected chi connectivity index (χ3v) is 5.88. The molecule has 10 heteroatoms. The van der Waals surface area contributed by atoms with Gasteiger partial charge in [-0.05, 0) is 48.7 Å². The number of benzene rings is 2. The second-order valence-corrected chi connectivity index (χ2v) is 8.46. The fourth-order valence-electron chi connectivity index (χ4n) is 3.60. The summed E-state index contributed by atoms with van der Waals surface area (Å²) >= 11 is 0. The lowest BCUT2D eigenvalue weighted by molar-refractivity contribution is -0.138. The van der Waals surface area contributed by atoms with E-state index in [2.05, 4.69) is 10.6 Å². The zero-order valence-corrected chi connectivity index (χ0v) is 19.5. The summed E-state index contributed by atoms with van der Waals surface area (Å²) in [5.74, 6) is -0.648. The Bertz CT molecular complexity index is 1080. The van der Waals surface area contributed by atoms with Gasteiger partial charge in [0.1, 0.15) is 28.6 Å². The van der Waals surface area contributed by atoms with Gasteiger partial charge in [0.25, 0.3) is 0 Å². The molecule has 0 spiro atoms. The zero-order valence-electron chi connectivity index (χ0n) is 19.5. The number of Topliss-reactive ketones (excluding diaryl/α,β-unsaturated/α-hetero) is 1. The second-order valence-electron chi connectivity index (χ2n) is 8.46. The van der Waals surface area contributed by atoms with Gasteiger partial charge in [-0.1, -0.05) is 12.1 Å². The van der Waals surface area contributed by atoms with E-state index in [9.17, 15) is 27.6 Å². The van der Waals surface area contributed by atoms with Crippen LogP contribution < -0.4 is 20.1 Å². The predicted octanol–water partition coefficient (Wildman–Crippen LogP) is 4.39. The minimum atomic E-state index is -4.61. The molecule has 2 aromatic carbocycles. The SMILES string of the molecule is CNC(=O)CCC(=O)CC1(C(=O)NCc2ccc(Oc3ccc(OC)cc3C(F)(F)F)cc2)CC1. The molecule has 1 fully saturated rings. The molecule has 0 bridgehead atoms. The van der Waals surface area contributed by atoms with Crippen LogP contribution in [0.25, 0.3) is 0 Å². The molecule has 0 saturated heterocycles. The normalized spacial score (nSPS) is 14.1. The molecule has 1 aliphatic rings. The average molecular weight is 492 g/mol.